The minimum atomic E-state index is -0.486. The topological polar surface area (TPSA) is 62.1 Å². The molecule has 0 radical (unpaired) electrons. The smallest absolute Gasteiger partial charge is 0.266 e. The van der Waals surface area contributed by atoms with Crippen LogP contribution >= 0.6 is 27.5 Å². The van der Waals surface area contributed by atoms with Crippen LogP contribution in [0.4, 0.5) is 5.69 Å². The summed E-state index contributed by atoms with van der Waals surface area (Å²) in [6.07, 6.45) is 1.51. The van der Waals surface area contributed by atoms with E-state index in [4.69, 9.17) is 16.3 Å². The van der Waals surface area contributed by atoms with Gasteiger partial charge in [-0.05, 0) is 55.0 Å². The van der Waals surface area contributed by atoms with Gasteiger partial charge in [0, 0.05) is 26.3 Å². The van der Waals surface area contributed by atoms with Crippen LogP contribution in [0, 0.1) is 18.3 Å². The van der Waals surface area contributed by atoms with Crippen LogP contribution in [-0.4, -0.2) is 5.91 Å². The van der Waals surface area contributed by atoms with E-state index in [9.17, 15) is 10.1 Å². The first-order valence-electron chi connectivity index (χ1n) is 9.12. The van der Waals surface area contributed by atoms with Crippen molar-refractivity contribution in [2.45, 2.75) is 13.5 Å². The van der Waals surface area contributed by atoms with Crippen molar-refractivity contribution in [1.82, 2.24) is 0 Å². The summed E-state index contributed by atoms with van der Waals surface area (Å²) in [5.74, 6) is 0.0503. The van der Waals surface area contributed by atoms with E-state index >= 15 is 0 Å². The highest BCUT2D eigenvalue weighted by molar-refractivity contribution is 9.10. The third kappa shape index (κ3) is 5.73. The summed E-state index contributed by atoms with van der Waals surface area (Å²) in [6.45, 7) is 2.19. The molecule has 3 aromatic carbocycles. The third-order valence-corrected chi connectivity index (χ3v) is 5.12. The molecule has 1 N–H and O–H groups in total. The van der Waals surface area contributed by atoms with Crippen molar-refractivity contribution in [2.24, 2.45) is 0 Å². The van der Waals surface area contributed by atoms with E-state index in [1.165, 1.54) is 6.08 Å². The van der Waals surface area contributed by atoms with Gasteiger partial charge >= 0.3 is 0 Å². The summed E-state index contributed by atoms with van der Waals surface area (Å²) >= 11 is 9.62. The Labute approximate surface area is 188 Å². The number of rotatable bonds is 6. The molecular weight excluding hydrogens is 464 g/mol. The molecule has 0 aliphatic rings. The predicted octanol–water partition coefficient (Wildman–Crippen LogP) is 6.54. The maximum Gasteiger partial charge on any atom is 0.266 e. The maximum absolute atomic E-state index is 12.6. The number of aryl methyl sites for hydroxylation is 1. The van der Waals surface area contributed by atoms with E-state index in [-0.39, 0.29) is 12.2 Å². The van der Waals surface area contributed by atoms with Crippen molar-refractivity contribution >= 4 is 45.2 Å². The standard InChI is InChI=1S/C24H18BrClN2O2/c1-16-5-4-7-21(11-16)28-24(29)19(14-27)12-18-13-20(25)9-10-23(18)30-15-17-6-2-3-8-22(17)26/h2-13H,15H2,1H3,(H,28,29)/b19-12+. The van der Waals surface area contributed by atoms with Gasteiger partial charge in [-0.15, -0.1) is 0 Å². The Morgan fingerprint density at radius 3 is 2.70 bits per heavy atom. The monoisotopic (exact) mass is 480 g/mol. The number of anilines is 1. The molecule has 0 fully saturated rings. The zero-order chi connectivity index (χ0) is 21.5. The SMILES string of the molecule is Cc1cccc(NC(=O)/C(C#N)=C/c2cc(Br)ccc2OCc2ccccc2Cl)c1. The maximum atomic E-state index is 12.6. The van der Waals surface area contributed by atoms with E-state index in [0.717, 1.165) is 15.6 Å². The van der Waals surface area contributed by atoms with Gasteiger partial charge in [-0.1, -0.05) is 57.9 Å². The van der Waals surface area contributed by atoms with Gasteiger partial charge in [0.05, 0.1) is 0 Å². The van der Waals surface area contributed by atoms with Gasteiger partial charge in [0.25, 0.3) is 5.91 Å². The average molecular weight is 482 g/mol. The Hall–Kier alpha value is -3.07. The molecule has 0 saturated heterocycles. The molecule has 0 heterocycles. The summed E-state index contributed by atoms with van der Waals surface area (Å²) in [4.78, 5) is 12.6. The number of hydrogen-bond donors (Lipinski definition) is 1. The quantitative estimate of drug-likeness (QED) is 0.321. The van der Waals surface area contributed by atoms with Crippen LogP contribution in [0.3, 0.4) is 0 Å². The molecule has 0 aliphatic heterocycles. The molecule has 6 heteroatoms. The minimum absolute atomic E-state index is 0.0304. The Morgan fingerprint density at radius 2 is 1.97 bits per heavy atom. The highest BCUT2D eigenvalue weighted by Crippen LogP contribution is 2.27. The summed E-state index contributed by atoms with van der Waals surface area (Å²) in [5.41, 5.74) is 3.06. The summed E-state index contributed by atoms with van der Waals surface area (Å²) in [7, 11) is 0. The van der Waals surface area contributed by atoms with Gasteiger partial charge < -0.3 is 10.1 Å². The number of ether oxygens (including phenoxy) is 1. The summed E-state index contributed by atoms with van der Waals surface area (Å²) in [5, 5.41) is 12.9. The fraction of sp³-hybridized carbons (Fsp3) is 0.0833. The fourth-order valence-corrected chi connectivity index (χ4v) is 3.33. The number of carbonyl (C=O) groups is 1. The average Bonchev–Trinajstić information content (AvgIpc) is 2.72. The number of carbonyl (C=O) groups excluding carboxylic acids is 1. The van der Waals surface area contributed by atoms with Gasteiger partial charge in [0.2, 0.25) is 0 Å². The van der Waals surface area contributed by atoms with Gasteiger partial charge in [-0.3, -0.25) is 4.79 Å². The molecule has 3 aromatic rings. The second kappa shape index (κ2) is 10.1. The first-order valence-corrected chi connectivity index (χ1v) is 10.3. The number of nitrogens with one attached hydrogen (secondary N) is 1. The van der Waals surface area contributed by atoms with E-state index in [0.29, 0.717) is 22.0 Å². The van der Waals surface area contributed by atoms with E-state index in [2.05, 4.69) is 21.2 Å². The number of amides is 1. The first-order chi connectivity index (χ1) is 14.5. The molecule has 4 nitrogen and oxygen atoms in total. The second-order valence-corrected chi connectivity index (χ2v) is 7.88. The zero-order valence-corrected chi connectivity index (χ0v) is 18.5. The highest BCUT2D eigenvalue weighted by atomic mass is 79.9. The second-order valence-electron chi connectivity index (χ2n) is 6.56. The Kier molecular flexibility index (Phi) is 7.29. The van der Waals surface area contributed by atoms with Gasteiger partial charge in [0.15, 0.2) is 0 Å². The van der Waals surface area contributed by atoms with Crippen LogP contribution in [0.1, 0.15) is 16.7 Å². The fourth-order valence-electron chi connectivity index (χ4n) is 2.76. The van der Waals surface area contributed by atoms with E-state index in [1.807, 2.05) is 55.5 Å². The Balaban J connectivity index is 1.84. The zero-order valence-electron chi connectivity index (χ0n) is 16.2. The summed E-state index contributed by atoms with van der Waals surface area (Å²) in [6, 6.07) is 22.2. The molecule has 0 saturated carbocycles. The molecule has 0 aliphatic carbocycles. The van der Waals surface area contributed by atoms with E-state index < -0.39 is 5.91 Å². The molecule has 3 rings (SSSR count). The van der Waals surface area contributed by atoms with Crippen LogP contribution in [0.25, 0.3) is 6.08 Å². The molecule has 150 valence electrons. The van der Waals surface area contributed by atoms with Crippen molar-refractivity contribution < 1.29 is 9.53 Å². The molecule has 0 atom stereocenters. The highest BCUT2D eigenvalue weighted by Gasteiger charge is 2.12. The van der Waals surface area contributed by atoms with Gasteiger partial charge in [0.1, 0.15) is 24.0 Å². The van der Waals surface area contributed by atoms with Crippen molar-refractivity contribution in [1.29, 1.82) is 5.26 Å². The molecular formula is C24H18BrClN2O2. The van der Waals surface area contributed by atoms with Crippen LogP contribution < -0.4 is 10.1 Å². The van der Waals surface area contributed by atoms with Crippen LogP contribution in [0.15, 0.2) is 76.8 Å². The van der Waals surface area contributed by atoms with Crippen molar-refractivity contribution in [2.75, 3.05) is 5.32 Å². The lowest BCUT2D eigenvalue weighted by atomic mass is 10.1. The van der Waals surface area contributed by atoms with Crippen LogP contribution in [0.2, 0.25) is 5.02 Å². The number of halogens is 2. The molecule has 0 spiro atoms. The molecule has 0 aromatic heterocycles. The molecule has 1 amide bonds. The summed E-state index contributed by atoms with van der Waals surface area (Å²) < 4.78 is 6.73. The first kappa shape index (κ1) is 21.6. The molecule has 0 bridgehead atoms. The van der Waals surface area contributed by atoms with Gasteiger partial charge in [-0.2, -0.15) is 5.26 Å². The predicted molar refractivity (Wildman–Crippen MR) is 123 cm³/mol. The van der Waals surface area contributed by atoms with Crippen molar-refractivity contribution in [3.8, 4) is 11.8 Å². The van der Waals surface area contributed by atoms with Crippen molar-refractivity contribution in [3.63, 3.8) is 0 Å². The number of nitrogens with zero attached hydrogens (tertiary/aromatic N) is 1. The molecule has 30 heavy (non-hydrogen) atoms. The van der Waals surface area contributed by atoms with Crippen LogP contribution in [-0.2, 0) is 11.4 Å². The third-order valence-electron chi connectivity index (χ3n) is 4.25. The lowest BCUT2D eigenvalue weighted by molar-refractivity contribution is -0.112. The largest absolute Gasteiger partial charge is 0.488 e. The van der Waals surface area contributed by atoms with Crippen molar-refractivity contribution in [3.05, 3.63) is 98.5 Å². The normalized spacial score (nSPS) is 10.9. The number of hydrogen-bond acceptors (Lipinski definition) is 3. The minimum Gasteiger partial charge on any atom is -0.488 e. The Bertz CT molecular complexity index is 1150. The number of benzene rings is 3. The molecule has 0 unspecified atom stereocenters. The lowest BCUT2D eigenvalue weighted by Gasteiger charge is -2.11. The van der Waals surface area contributed by atoms with Gasteiger partial charge in [-0.25, -0.2) is 0 Å². The van der Waals surface area contributed by atoms with E-state index in [1.54, 1.807) is 24.3 Å². The number of nitriles is 1. The lowest BCUT2D eigenvalue weighted by Crippen LogP contribution is -2.13. The van der Waals surface area contributed by atoms with Crippen LogP contribution in [0.5, 0.6) is 5.75 Å². The Morgan fingerprint density at radius 1 is 1.17 bits per heavy atom.